The number of aromatic carboxylic acids is 1. The van der Waals surface area contributed by atoms with Crippen LogP contribution >= 0.6 is 23.1 Å². The number of nitrogens with one attached hydrogen (secondary N) is 1. The fourth-order valence-corrected chi connectivity index (χ4v) is 5.00. The van der Waals surface area contributed by atoms with Crippen LogP contribution in [0.25, 0.3) is 21.3 Å². The van der Waals surface area contributed by atoms with Gasteiger partial charge >= 0.3 is 5.97 Å². The first kappa shape index (κ1) is 20.4. The van der Waals surface area contributed by atoms with E-state index in [0.29, 0.717) is 10.5 Å². The van der Waals surface area contributed by atoms with Gasteiger partial charge in [-0.2, -0.15) is 0 Å². The maximum absolute atomic E-state index is 11.4. The van der Waals surface area contributed by atoms with Gasteiger partial charge in [-0.1, -0.05) is 18.2 Å². The maximum atomic E-state index is 11.4. The van der Waals surface area contributed by atoms with Crippen LogP contribution in [0.5, 0.6) is 0 Å². The SMILES string of the molecule is CSc1cc(-c2cc(NCCc3ccc4ccsc4c3C)ncn2)ccc1C(=O)O. The van der Waals surface area contributed by atoms with E-state index in [1.54, 1.807) is 23.5 Å². The molecule has 0 aliphatic carbocycles. The fraction of sp³-hybridized carbons (Fsp3) is 0.174. The number of thioether (sulfide) groups is 1. The predicted octanol–water partition coefficient (Wildman–Crippen LogP) is 5.74. The summed E-state index contributed by atoms with van der Waals surface area (Å²) in [7, 11) is 0. The molecule has 0 radical (unpaired) electrons. The third-order valence-corrected chi connectivity index (χ3v) is 6.90. The quantitative estimate of drug-likeness (QED) is 0.361. The second-order valence-corrected chi connectivity index (χ2v) is 8.64. The zero-order valence-corrected chi connectivity index (χ0v) is 18.3. The average molecular weight is 436 g/mol. The molecule has 5 nitrogen and oxygen atoms in total. The average Bonchev–Trinajstić information content (AvgIpc) is 3.25. The molecule has 0 spiro atoms. The minimum absolute atomic E-state index is 0.303. The van der Waals surface area contributed by atoms with E-state index in [1.807, 2.05) is 18.4 Å². The molecule has 0 bridgehead atoms. The summed E-state index contributed by atoms with van der Waals surface area (Å²) in [5.41, 5.74) is 4.61. The highest BCUT2D eigenvalue weighted by Crippen LogP contribution is 2.29. The van der Waals surface area contributed by atoms with Crippen molar-refractivity contribution in [1.29, 1.82) is 0 Å². The van der Waals surface area contributed by atoms with Crippen molar-refractivity contribution in [2.45, 2.75) is 18.2 Å². The molecule has 0 saturated heterocycles. The third-order valence-electron chi connectivity index (χ3n) is 5.08. The number of anilines is 1. The van der Waals surface area contributed by atoms with Gasteiger partial charge in [0.05, 0.1) is 11.3 Å². The van der Waals surface area contributed by atoms with E-state index >= 15 is 0 Å². The molecule has 0 unspecified atom stereocenters. The van der Waals surface area contributed by atoms with Gasteiger partial charge in [-0.25, -0.2) is 14.8 Å². The van der Waals surface area contributed by atoms with Gasteiger partial charge < -0.3 is 10.4 Å². The smallest absolute Gasteiger partial charge is 0.336 e. The molecule has 0 amide bonds. The molecular formula is C23H21N3O2S2. The number of thiophene rings is 1. The predicted molar refractivity (Wildman–Crippen MR) is 125 cm³/mol. The Balaban J connectivity index is 1.48. The summed E-state index contributed by atoms with van der Waals surface area (Å²) >= 11 is 3.20. The number of fused-ring (bicyclic) bond motifs is 1. The van der Waals surface area contributed by atoms with Crippen molar-refractivity contribution in [2.75, 3.05) is 18.1 Å². The van der Waals surface area contributed by atoms with E-state index in [0.717, 1.165) is 30.0 Å². The number of hydrogen-bond donors (Lipinski definition) is 2. The summed E-state index contributed by atoms with van der Waals surface area (Å²) in [5.74, 6) is -0.171. The lowest BCUT2D eigenvalue weighted by Gasteiger charge is -2.10. The zero-order chi connectivity index (χ0) is 21.1. The highest BCUT2D eigenvalue weighted by Gasteiger charge is 2.12. The summed E-state index contributed by atoms with van der Waals surface area (Å²) in [6.07, 6.45) is 4.31. The van der Waals surface area contributed by atoms with Crippen molar-refractivity contribution < 1.29 is 9.90 Å². The van der Waals surface area contributed by atoms with Gasteiger partial charge in [-0.3, -0.25) is 0 Å². The molecule has 4 rings (SSSR count). The molecule has 2 heterocycles. The molecule has 0 saturated carbocycles. The summed E-state index contributed by atoms with van der Waals surface area (Å²) in [6, 6.07) is 13.7. The number of nitrogens with zero attached hydrogens (tertiary/aromatic N) is 2. The van der Waals surface area contributed by atoms with Gasteiger partial charge in [0.15, 0.2) is 0 Å². The van der Waals surface area contributed by atoms with Crippen molar-refractivity contribution in [1.82, 2.24) is 9.97 Å². The maximum Gasteiger partial charge on any atom is 0.336 e. The molecule has 0 fully saturated rings. The molecule has 2 N–H and O–H groups in total. The molecule has 2 aromatic carbocycles. The highest BCUT2D eigenvalue weighted by atomic mass is 32.2. The monoisotopic (exact) mass is 435 g/mol. The third kappa shape index (κ3) is 4.17. The Labute approximate surface area is 183 Å². The Hall–Kier alpha value is -2.90. The van der Waals surface area contributed by atoms with Crippen molar-refractivity contribution in [2.24, 2.45) is 0 Å². The van der Waals surface area contributed by atoms with Crippen LogP contribution in [0.15, 0.2) is 59.1 Å². The number of carboxylic acids is 1. The summed E-state index contributed by atoms with van der Waals surface area (Å²) in [6.45, 7) is 2.95. The van der Waals surface area contributed by atoms with Crippen LogP contribution in [-0.4, -0.2) is 33.8 Å². The first-order valence-electron chi connectivity index (χ1n) is 9.50. The number of aromatic nitrogens is 2. The first-order chi connectivity index (χ1) is 14.6. The van der Waals surface area contributed by atoms with E-state index < -0.39 is 5.97 Å². The summed E-state index contributed by atoms with van der Waals surface area (Å²) in [5, 5.41) is 16.1. The number of benzene rings is 2. The van der Waals surface area contributed by atoms with Crippen LogP contribution in [0.1, 0.15) is 21.5 Å². The molecular weight excluding hydrogens is 414 g/mol. The number of carboxylic acid groups (broad SMARTS) is 1. The lowest BCUT2D eigenvalue weighted by atomic mass is 10.0. The van der Waals surface area contributed by atoms with Crippen LogP contribution in [-0.2, 0) is 6.42 Å². The van der Waals surface area contributed by atoms with Crippen molar-refractivity contribution in [3.8, 4) is 11.3 Å². The Morgan fingerprint density at radius 1 is 1.17 bits per heavy atom. The van der Waals surface area contributed by atoms with Crippen molar-refractivity contribution in [3.05, 3.63) is 70.9 Å². The topological polar surface area (TPSA) is 75.1 Å². The molecule has 2 aromatic heterocycles. The molecule has 4 aromatic rings. The van der Waals surface area contributed by atoms with Gasteiger partial charge in [0.1, 0.15) is 12.1 Å². The van der Waals surface area contributed by atoms with Crippen LogP contribution < -0.4 is 5.32 Å². The molecule has 0 aliphatic heterocycles. The molecule has 7 heteroatoms. The summed E-state index contributed by atoms with van der Waals surface area (Å²) < 4.78 is 1.35. The second-order valence-electron chi connectivity index (χ2n) is 6.87. The normalized spacial score (nSPS) is 11.0. The highest BCUT2D eigenvalue weighted by molar-refractivity contribution is 7.98. The van der Waals surface area contributed by atoms with Crippen LogP contribution in [0.3, 0.4) is 0 Å². The molecule has 0 atom stereocenters. The zero-order valence-electron chi connectivity index (χ0n) is 16.7. The minimum atomic E-state index is -0.924. The number of rotatable bonds is 7. The molecule has 30 heavy (non-hydrogen) atoms. The van der Waals surface area contributed by atoms with Crippen molar-refractivity contribution in [3.63, 3.8) is 0 Å². The Bertz CT molecular complexity index is 1220. The standard InChI is InChI=1S/C23H21N3O2S2/c1-14-15(3-4-16-8-10-30-22(14)16)7-9-24-21-12-19(25-13-26-21)17-5-6-18(23(27)28)20(11-17)29-2/h3-6,8,10-13H,7,9H2,1-2H3,(H,27,28)(H,24,25,26). The van der Waals surface area contributed by atoms with Crippen LogP contribution in [0.2, 0.25) is 0 Å². The Kier molecular flexibility index (Phi) is 6.01. The van der Waals surface area contributed by atoms with E-state index in [2.05, 4.69) is 45.8 Å². The van der Waals surface area contributed by atoms with Gasteiger partial charge in [-0.15, -0.1) is 23.1 Å². The lowest BCUT2D eigenvalue weighted by molar-refractivity contribution is 0.0693. The largest absolute Gasteiger partial charge is 0.478 e. The molecule has 152 valence electrons. The van der Waals surface area contributed by atoms with Gasteiger partial charge in [0.25, 0.3) is 0 Å². The van der Waals surface area contributed by atoms with E-state index in [1.165, 1.54) is 39.3 Å². The second kappa shape index (κ2) is 8.85. The van der Waals surface area contributed by atoms with Gasteiger partial charge in [-0.05, 0) is 59.7 Å². The van der Waals surface area contributed by atoms with Crippen LogP contribution in [0.4, 0.5) is 5.82 Å². The van der Waals surface area contributed by atoms with E-state index in [4.69, 9.17) is 0 Å². The Morgan fingerprint density at radius 3 is 2.83 bits per heavy atom. The van der Waals surface area contributed by atoms with Gasteiger partial charge in [0.2, 0.25) is 0 Å². The van der Waals surface area contributed by atoms with Crippen LogP contribution in [0, 0.1) is 6.92 Å². The first-order valence-corrected chi connectivity index (χ1v) is 11.6. The van der Waals surface area contributed by atoms with E-state index in [9.17, 15) is 9.90 Å². The fourth-order valence-electron chi connectivity index (χ4n) is 3.45. The van der Waals surface area contributed by atoms with Crippen molar-refractivity contribution >= 4 is 45.0 Å². The number of hydrogen-bond acceptors (Lipinski definition) is 6. The minimum Gasteiger partial charge on any atom is -0.478 e. The summed E-state index contributed by atoms with van der Waals surface area (Å²) in [4.78, 5) is 20.8. The number of carbonyl (C=O) groups is 1. The van der Waals surface area contributed by atoms with E-state index in [-0.39, 0.29) is 0 Å². The number of aryl methyl sites for hydroxylation is 1. The molecule has 0 aliphatic rings. The lowest BCUT2D eigenvalue weighted by Crippen LogP contribution is -2.07. The van der Waals surface area contributed by atoms with Gasteiger partial charge in [0, 0.05) is 27.8 Å². The Morgan fingerprint density at radius 2 is 2.03 bits per heavy atom.